The van der Waals surface area contributed by atoms with Crippen LogP contribution in [0, 0.1) is 5.82 Å². The predicted octanol–water partition coefficient (Wildman–Crippen LogP) is 1.21. The normalized spacial score (nSPS) is 15.2. The van der Waals surface area contributed by atoms with Crippen LogP contribution in [0.1, 0.15) is 5.56 Å². The Balaban J connectivity index is 1.54. The summed E-state index contributed by atoms with van der Waals surface area (Å²) < 4.78 is 24.8. The Kier molecular flexibility index (Phi) is 6.93. The number of quaternary nitrogens is 1. The number of nitrogens with one attached hydrogen (secondary N) is 1. The first-order chi connectivity index (χ1) is 14.0. The summed E-state index contributed by atoms with van der Waals surface area (Å²) in [7, 11) is 5.23. The van der Waals surface area contributed by atoms with Crippen molar-refractivity contribution >= 4 is 11.6 Å². The SMILES string of the molecule is COc1cccc(C[NH+](C)CC(=O)N2CCN(c3ccccc3F)CC2)c1OC. The fourth-order valence-corrected chi connectivity index (χ4v) is 3.76. The van der Waals surface area contributed by atoms with Crippen molar-refractivity contribution in [2.75, 3.05) is 58.9 Å². The second-order valence-corrected chi connectivity index (χ2v) is 7.28. The molecule has 29 heavy (non-hydrogen) atoms. The molecule has 1 saturated heterocycles. The van der Waals surface area contributed by atoms with Crippen LogP contribution in [0.3, 0.4) is 0 Å². The zero-order valence-electron chi connectivity index (χ0n) is 17.3. The molecular formula is C22H29FN3O3+. The van der Waals surface area contributed by atoms with E-state index >= 15 is 0 Å². The third-order valence-corrected chi connectivity index (χ3v) is 5.26. The van der Waals surface area contributed by atoms with Gasteiger partial charge in [-0.1, -0.05) is 18.2 Å². The third-order valence-electron chi connectivity index (χ3n) is 5.26. The van der Waals surface area contributed by atoms with Gasteiger partial charge in [0.05, 0.1) is 32.5 Å². The zero-order chi connectivity index (χ0) is 20.8. The van der Waals surface area contributed by atoms with Crippen molar-refractivity contribution in [3.05, 3.63) is 53.8 Å². The van der Waals surface area contributed by atoms with Crippen LogP contribution in [-0.2, 0) is 11.3 Å². The zero-order valence-corrected chi connectivity index (χ0v) is 17.3. The van der Waals surface area contributed by atoms with Crippen LogP contribution in [0.15, 0.2) is 42.5 Å². The molecule has 1 atom stereocenters. The fourth-order valence-electron chi connectivity index (χ4n) is 3.76. The molecule has 3 rings (SSSR count). The van der Waals surface area contributed by atoms with Crippen LogP contribution < -0.4 is 19.3 Å². The lowest BCUT2D eigenvalue weighted by molar-refractivity contribution is -0.885. The van der Waals surface area contributed by atoms with Gasteiger partial charge in [-0.15, -0.1) is 0 Å². The quantitative estimate of drug-likeness (QED) is 0.756. The average molecular weight is 402 g/mol. The van der Waals surface area contributed by atoms with Crippen molar-refractivity contribution in [1.82, 2.24) is 4.90 Å². The molecule has 0 spiro atoms. The van der Waals surface area contributed by atoms with E-state index in [4.69, 9.17) is 9.47 Å². The van der Waals surface area contributed by atoms with Gasteiger partial charge in [0.1, 0.15) is 12.4 Å². The minimum Gasteiger partial charge on any atom is -0.493 e. The highest BCUT2D eigenvalue weighted by atomic mass is 19.1. The smallest absolute Gasteiger partial charge is 0.277 e. The van der Waals surface area contributed by atoms with E-state index in [0.717, 1.165) is 10.5 Å². The van der Waals surface area contributed by atoms with Crippen molar-refractivity contribution < 1.29 is 23.6 Å². The number of para-hydroxylation sites is 2. The van der Waals surface area contributed by atoms with Crippen molar-refractivity contribution in [3.8, 4) is 11.5 Å². The second kappa shape index (κ2) is 9.60. The van der Waals surface area contributed by atoms with Crippen LogP contribution >= 0.6 is 0 Å². The summed E-state index contributed by atoms with van der Waals surface area (Å²) in [5.74, 6) is 1.29. The molecule has 0 aliphatic carbocycles. The number of rotatable bonds is 7. The Labute approximate surface area is 171 Å². The number of halogens is 1. The molecule has 1 amide bonds. The first-order valence-corrected chi connectivity index (χ1v) is 9.82. The van der Waals surface area contributed by atoms with Gasteiger partial charge in [-0.3, -0.25) is 4.79 Å². The molecule has 1 unspecified atom stereocenters. The molecule has 0 bridgehead atoms. The number of ether oxygens (including phenoxy) is 2. The molecule has 1 aliphatic heterocycles. The van der Waals surface area contributed by atoms with E-state index < -0.39 is 0 Å². The summed E-state index contributed by atoms with van der Waals surface area (Å²) in [5, 5.41) is 0. The van der Waals surface area contributed by atoms with Crippen LogP contribution in [-0.4, -0.2) is 64.8 Å². The highest BCUT2D eigenvalue weighted by Gasteiger charge is 2.25. The van der Waals surface area contributed by atoms with Crippen LogP contribution in [0.2, 0.25) is 0 Å². The van der Waals surface area contributed by atoms with Gasteiger partial charge in [0.2, 0.25) is 0 Å². The summed E-state index contributed by atoms with van der Waals surface area (Å²) in [5.41, 5.74) is 1.61. The number of hydrogen-bond acceptors (Lipinski definition) is 4. The maximum atomic E-state index is 14.0. The average Bonchev–Trinajstić information content (AvgIpc) is 2.74. The summed E-state index contributed by atoms with van der Waals surface area (Å²) in [6, 6.07) is 12.5. The van der Waals surface area contributed by atoms with Gasteiger partial charge in [0.25, 0.3) is 5.91 Å². The van der Waals surface area contributed by atoms with E-state index in [9.17, 15) is 9.18 Å². The van der Waals surface area contributed by atoms with Gasteiger partial charge in [0, 0.05) is 26.2 Å². The molecule has 156 valence electrons. The topological polar surface area (TPSA) is 46.5 Å². The molecule has 1 fully saturated rings. The monoisotopic (exact) mass is 402 g/mol. The number of carbonyl (C=O) groups excluding carboxylic acids is 1. The van der Waals surface area contributed by atoms with Gasteiger partial charge in [-0.2, -0.15) is 0 Å². The van der Waals surface area contributed by atoms with E-state index in [1.807, 2.05) is 41.1 Å². The number of hydrogen-bond donors (Lipinski definition) is 1. The van der Waals surface area contributed by atoms with Crippen molar-refractivity contribution in [3.63, 3.8) is 0 Å². The molecule has 6 nitrogen and oxygen atoms in total. The Morgan fingerprint density at radius 3 is 2.41 bits per heavy atom. The number of nitrogens with zero attached hydrogens (tertiary/aromatic N) is 2. The first kappa shape index (κ1) is 20.9. The lowest BCUT2D eigenvalue weighted by Crippen LogP contribution is -3.09. The molecule has 1 N–H and O–H groups in total. The lowest BCUT2D eigenvalue weighted by atomic mass is 10.1. The van der Waals surface area contributed by atoms with Crippen molar-refractivity contribution in [2.24, 2.45) is 0 Å². The van der Waals surface area contributed by atoms with Crippen LogP contribution in [0.25, 0.3) is 0 Å². The van der Waals surface area contributed by atoms with Gasteiger partial charge in [0.15, 0.2) is 18.0 Å². The third kappa shape index (κ3) is 4.98. The lowest BCUT2D eigenvalue weighted by Gasteiger charge is -2.36. The van der Waals surface area contributed by atoms with E-state index in [-0.39, 0.29) is 11.7 Å². The fraction of sp³-hybridized carbons (Fsp3) is 0.409. The van der Waals surface area contributed by atoms with Crippen LogP contribution in [0.4, 0.5) is 10.1 Å². The van der Waals surface area contributed by atoms with Crippen molar-refractivity contribution in [1.29, 1.82) is 0 Å². The molecule has 1 heterocycles. The highest BCUT2D eigenvalue weighted by Crippen LogP contribution is 2.30. The number of piperazine rings is 1. The minimum absolute atomic E-state index is 0.109. The first-order valence-electron chi connectivity index (χ1n) is 9.82. The standard InChI is InChI=1S/C22H28FN3O3/c1-24(15-17-7-6-10-20(28-2)22(17)29-3)16-21(27)26-13-11-25(12-14-26)19-9-5-4-8-18(19)23/h4-10H,11-16H2,1-3H3/p+1. The van der Waals surface area contributed by atoms with Gasteiger partial charge < -0.3 is 24.2 Å². The van der Waals surface area contributed by atoms with Gasteiger partial charge in [-0.05, 0) is 24.3 Å². The van der Waals surface area contributed by atoms with E-state index in [2.05, 4.69) is 0 Å². The number of methoxy groups -OCH3 is 2. The molecule has 2 aromatic rings. The molecule has 0 radical (unpaired) electrons. The Hall–Kier alpha value is -2.80. The molecule has 2 aromatic carbocycles. The van der Waals surface area contributed by atoms with Crippen LogP contribution in [0.5, 0.6) is 11.5 Å². The summed E-state index contributed by atoms with van der Waals surface area (Å²) in [6.07, 6.45) is 0. The number of anilines is 1. The Morgan fingerprint density at radius 2 is 1.76 bits per heavy atom. The van der Waals surface area contributed by atoms with Gasteiger partial charge in [-0.25, -0.2) is 4.39 Å². The van der Waals surface area contributed by atoms with Crippen molar-refractivity contribution in [2.45, 2.75) is 6.54 Å². The second-order valence-electron chi connectivity index (χ2n) is 7.28. The van der Waals surface area contributed by atoms with E-state index in [1.165, 1.54) is 6.07 Å². The maximum Gasteiger partial charge on any atom is 0.277 e. The number of amides is 1. The summed E-state index contributed by atoms with van der Waals surface area (Å²) >= 11 is 0. The molecule has 1 aliphatic rings. The maximum absolute atomic E-state index is 14.0. The predicted molar refractivity (Wildman–Crippen MR) is 110 cm³/mol. The summed E-state index contributed by atoms with van der Waals surface area (Å²) in [6.45, 7) is 3.51. The molecule has 0 aromatic heterocycles. The Morgan fingerprint density at radius 1 is 1.03 bits per heavy atom. The Bertz CT molecular complexity index is 838. The highest BCUT2D eigenvalue weighted by molar-refractivity contribution is 5.77. The van der Waals surface area contributed by atoms with E-state index in [1.54, 1.807) is 26.4 Å². The number of likely N-dealkylation sites (N-methyl/N-ethyl adjacent to an activating group) is 1. The van der Waals surface area contributed by atoms with E-state index in [0.29, 0.717) is 56.5 Å². The largest absolute Gasteiger partial charge is 0.493 e. The molecule has 0 saturated carbocycles. The minimum atomic E-state index is -0.219. The van der Waals surface area contributed by atoms with Gasteiger partial charge >= 0.3 is 0 Å². The number of benzene rings is 2. The molecular weight excluding hydrogens is 373 g/mol. The number of carbonyl (C=O) groups is 1. The molecule has 7 heteroatoms. The summed E-state index contributed by atoms with van der Waals surface area (Å²) in [4.78, 5) is 17.7.